The summed E-state index contributed by atoms with van der Waals surface area (Å²) in [5.41, 5.74) is 5.21. The minimum atomic E-state index is -0.174. The number of carbonyl (C=O) groups is 2. The molecule has 0 saturated heterocycles. The van der Waals surface area contributed by atoms with E-state index in [0.717, 1.165) is 47.0 Å². The molecule has 0 spiro atoms. The van der Waals surface area contributed by atoms with Crippen molar-refractivity contribution < 1.29 is 9.59 Å². The van der Waals surface area contributed by atoms with E-state index < -0.39 is 0 Å². The molecule has 8 heteroatoms. The van der Waals surface area contributed by atoms with Gasteiger partial charge in [0.1, 0.15) is 11.1 Å². The first-order valence-electron chi connectivity index (χ1n) is 12.7. The highest BCUT2D eigenvalue weighted by atomic mass is 32.2. The number of nitrogens with one attached hydrogen (secondary N) is 2. The highest BCUT2D eigenvalue weighted by Gasteiger charge is 2.25. The molecule has 5 rings (SSSR count). The molecule has 2 heterocycles. The fraction of sp³-hybridized carbons (Fsp3) is 0.194. The Hall–Kier alpha value is -3.90. The summed E-state index contributed by atoms with van der Waals surface area (Å²) in [5, 5.41) is 16.4. The Morgan fingerprint density at radius 2 is 1.85 bits per heavy atom. The van der Waals surface area contributed by atoms with Crippen LogP contribution in [0.1, 0.15) is 37.5 Å². The molecule has 6 nitrogen and oxygen atoms in total. The Morgan fingerprint density at radius 3 is 2.64 bits per heavy atom. The van der Waals surface area contributed by atoms with E-state index in [1.54, 1.807) is 6.07 Å². The average Bonchev–Trinajstić information content (AvgIpc) is 3.28. The number of anilines is 2. The zero-order valence-electron chi connectivity index (χ0n) is 21.6. The topological polar surface area (TPSA) is 85.2 Å². The van der Waals surface area contributed by atoms with Gasteiger partial charge in [-0.2, -0.15) is 5.26 Å². The van der Waals surface area contributed by atoms with Crippen molar-refractivity contribution in [3.63, 3.8) is 0 Å². The zero-order chi connectivity index (χ0) is 27.2. The molecular weight excluding hydrogens is 525 g/mol. The molecule has 196 valence electrons. The summed E-state index contributed by atoms with van der Waals surface area (Å²) in [6, 6.07) is 27.6. The van der Waals surface area contributed by atoms with Gasteiger partial charge in [-0.25, -0.2) is 0 Å². The summed E-state index contributed by atoms with van der Waals surface area (Å²) >= 11 is 2.89. The van der Waals surface area contributed by atoms with Crippen LogP contribution in [0.5, 0.6) is 0 Å². The van der Waals surface area contributed by atoms with Gasteiger partial charge in [0, 0.05) is 40.7 Å². The normalized spacial score (nSPS) is 12.8. The molecule has 39 heavy (non-hydrogen) atoms. The van der Waals surface area contributed by atoms with E-state index in [0.29, 0.717) is 21.8 Å². The molecule has 0 fully saturated rings. The van der Waals surface area contributed by atoms with E-state index in [-0.39, 0.29) is 17.6 Å². The third-order valence-electron chi connectivity index (χ3n) is 6.49. The van der Waals surface area contributed by atoms with E-state index in [1.165, 1.54) is 28.7 Å². The van der Waals surface area contributed by atoms with Gasteiger partial charge in [-0.3, -0.25) is 14.5 Å². The molecule has 1 aliphatic rings. The summed E-state index contributed by atoms with van der Waals surface area (Å²) in [6.07, 6.45) is 0.799. The first-order valence-corrected chi connectivity index (χ1v) is 14.5. The summed E-state index contributed by atoms with van der Waals surface area (Å²) in [5.74, 6) is -0.139. The largest absolute Gasteiger partial charge is 0.322 e. The first kappa shape index (κ1) is 26.7. The number of hydrogen-bond acceptors (Lipinski definition) is 6. The maximum absolute atomic E-state index is 12.8. The third kappa shape index (κ3) is 6.76. The van der Waals surface area contributed by atoms with Crippen LogP contribution in [-0.4, -0.2) is 29.0 Å². The number of nitrogens with zero attached hydrogens (tertiary/aromatic N) is 2. The number of fused-ring (bicyclic) bond motifs is 1. The number of thiophene rings is 1. The monoisotopic (exact) mass is 552 g/mol. The fourth-order valence-electron chi connectivity index (χ4n) is 4.60. The fourth-order valence-corrected chi connectivity index (χ4v) is 6.62. The minimum absolute atomic E-state index is 0.162. The van der Waals surface area contributed by atoms with Gasteiger partial charge in [-0.05, 0) is 54.8 Å². The van der Waals surface area contributed by atoms with Crippen LogP contribution in [0.2, 0.25) is 0 Å². The minimum Gasteiger partial charge on any atom is -0.322 e. The second-order valence-corrected chi connectivity index (χ2v) is 11.6. The third-order valence-corrected chi connectivity index (χ3v) is 8.62. The zero-order valence-corrected chi connectivity index (χ0v) is 23.2. The van der Waals surface area contributed by atoms with Crippen molar-refractivity contribution in [1.82, 2.24) is 4.90 Å². The molecule has 1 aliphatic heterocycles. The van der Waals surface area contributed by atoms with Gasteiger partial charge in [0.2, 0.25) is 5.91 Å². The summed E-state index contributed by atoms with van der Waals surface area (Å²) in [6.45, 7) is 4.47. The van der Waals surface area contributed by atoms with Crippen molar-refractivity contribution in [2.45, 2.75) is 31.3 Å². The molecule has 1 aromatic heterocycles. The second kappa shape index (κ2) is 12.3. The van der Waals surface area contributed by atoms with E-state index in [9.17, 15) is 14.9 Å². The van der Waals surface area contributed by atoms with E-state index in [1.807, 2.05) is 67.6 Å². The summed E-state index contributed by atoms with van der Waals surface area (Å²) < 4.78 is 0. The van der Waals surface area contributed by atoms with Gasteiger partial charge in [0.25, 0.3) is 5.91 Å². The molecule has 0 radical (unpaired) electrons. The number of rotatable bonds is 8. The Morgan fingerprint density at radius 1 is 1.03 bits per heavy atom. The Kier molecular flexibility index (Phi) is 8.42. The maximum atomic E-state index is 12.8. The Labute approximate surface area is 236 Å². The average molecular weight is 553 g/mol. The van der Waals surface area contributed by atoms with E-state index >= 15 is 0 Å². The smallest absolute Gasteiger partial charge is 0.255 e. The Balaban J connectivity index is 1.18. The number of carbonyl (C=O) groups excluding carboxylic acids is 2. The summed E-state index contributed by atoms with van der Waals surface area (Å²) in [7, 11) is 0. The predicted octanol–water partition coefficient (Wildman–Crippen LogP) is 6.47. The molecular formula is C31H28N4O2S2. The first-order chi connectivity index (χ1) is 19.0. The van der Waals surface area contributed by atoms with Crippen LogP contribution in [0.3, 0.4) is 0 Å². The van der Waals surface area contributed by atoms with Crippen LogP contribution < -0.4 is 10.6 Å². The predicted molar refractivity (Wildman–Crippen MR) is 158 cm³/mol. The van der Waals surface area contributed by atoms with Crippen LogP contribution >= 0.6 is 23.1 Å². The molecule has 2 N–H and O–H groups in total. The standard InChI is InChI=1S/C31H28N4O2S2/c1-21-7-5-10-23(15-21)30(37)33-24-11-6-12-25(16-24)38-20-29(36)34-31-27(17-32)26-13-14-35(19-28(26)39-31)18-22-8-3-2-4-9-22/h2-12,15-16H,13-14,18-20H2,1H3,(H,33,37)(H,34,36). The quantitative estimate of drug-likeness (QED) is 0.245. The van der Waals surface area contributed by atoms with Gasteiger partial charge >= 0.3 is 0 Å². The van der Waals surface area contributed by atoms with Crippen molar-refractivity contribution in [2.24, 2.45) is 0 Å². The second-order valence-electron chi connectivity index (χ2n) is 9.45. The van der Waals surface area contributed by atoms with Gasteiger partial charge in [0.15, 0.2) is 0 Å². The van der Waals surface area contributed by atoms with Crippen molar-refractivity contribution in [2.75, 3.05) is 22.9 Å². The molecule has 0 unspecified atom stereocenters. The highest BCUT2D eigenvalue weighted by molar-refractivity contribution is 8.00. The number of thioether (sulfide) groups is 1. The van der Waals surface area contributed by atoms with Gasteiger partial charge in [-0.1, -0.05) is 54.1 Å². The van der Waals surface area contributed by atoms with E-state index in [2.05, 4.69) is 33.7 Å². The Bertz CT molecular complexity index is 1540. The molecule has 0 saturated carbocycles. The molecule has 4 aromatic rings. The molecule has 3 aromatic carbocycles. The number of aryl methyl sites for hydroxylation is 1. The van der Waals surface area contributed by atoms with Crippen LogP contribution in [0.25, 0.3) is 0 Å². The number of hydrogen-bond donors (Lipinski definition) is 2. The molecule has 0 aliphatic carbocycles. The maximum Gasteiger partial charge on any atom is 0.255 e. The van der Waals surface area contributed by atoms with Crippen LogP contribution in [0.15, 0.2) is 83.8 Å². The van der Waals surface area contributed by atoms with Gasteiger partial charge < -0.3 is 10.6 Å². The molecule has 0 bridgehead atoms. The number of nitriles is 1. The van der Waals surface area contributed by atoms with Crippen molar-refractivity contribution in [3.8, 4) is 6.07 Å². The van der Waals surface area contributed by atoms with Crippen molar-refractivity contribution >= 4 is 45.6 Å². The lowest BCUT2D eigenvalue weighted by Crippen LogP contribution is -2.29. The molecule has 0 atom stereocenters. The number of benzene rings is 3. The summed E-state index contributed by atoms with van der Waals surface area (Å²) in [4.78, 5) is 29.8. The van der Waals surface area contributed by atoms with Crippen LogP contribution in [0.4, 0.5) is 10.7 Å². The SMILES string of the molecule is Cc1cccc(C(=O)Nc2cccc(SCC(=O)Nc3sc4c(c3C#N)CCN(Cc3ccccc3)C4)c2)c1. The number of amides is 2. The van der Waals surface area contributed by atoms with Crippen LogP contribution in [-0.2, 0) is 24.3 Å². The van der Waals surface area contributed by atoms with Gasteiger partial charge in [0.05, 0.1) is 11.3 Å². The van der Waals surface area contributed by atoms with Crippen molar-refractivity contribution in [3.05, 3.63) is 112 Å². The van der Waals surface area contributed by atoms with Crippen molar-refractivity contribution in [1.29, 1.82) is 5.26 Å². The van der Waals surface area contributed by atoms with Crippen LogP contribution in [0, 0.1) is 18.3 Å². The lowest BCUT2D eigenvalue weighted by Gasteiger charge is -2.26. The lowest BCUT2D eigenvalue weighted by molar-refractivity contribution is -0.113. The molecule has 2 amide bonds. The highest BCUT2D eigenvalue weighted by Crippen LogP contribution is 2.37. The van der Waals surface area contributed by atoms with Gasteiger partial charge in [-0.15, -0.1) is 23.1 Å². The van der Waals surface area contributed by atoms with E-state index in [4.69, 9.17) is 0 Å². The lowest BCUT2D eigenvalue weighted by atomic mass is 10.0.